The Hall–Kier alpha value is -2.36. The van der Waals surface area contributed by atoms with Gasteiger partial charge < -0.3 is 10.1 Å². The van der Waals surface area contributed by atoms with Gasteiger partial charge in [0.1, 0.15) is 5.75 Å². The molecule has 6 rings (SSSR count). The van der Waals surface area contributed by atoms with Gasteiger partial charge in [-0.25, -0.2) is 0 Å². The number of hydrogen-bond acceptors (Lipinski definition) is 3. The molecule has 0 saturated heterocycles. The molecule has 4 bridgehead atoms. The van der Waals surface area contributed by atoms with Crippen LogP contribution >= 0.6 is 0 Å². The molecule has 2 aromatic carbocycles. The first-order valence-electron chi connectivity index (χ1n) is 10.0. The second kappa shape index (κ2) is 6.36. The molecular formula is C23H25NO3. The molecule has 2 aromatic rings. The zero-order chi connectivity index (χ0) is 18.4. The first-order valence-corrected chi connectivity index (χ1v) is 10.0. The molecule has 4 heteroatoms. The molecule has 0 heterocycles. The number of hydrogen-bond donors (Lipinski definition) is 1. The normalized spacial score (nSPS) is 31.0. The van der Waals surface area contributed by atoms with Crippen molar-refractivity contribution in [3.8, 4) is 5.75 Å². The molecule has 27 heavy (non-hydrogen) atoms. The Labute approximate surface area is 159 Å². The number of benzene rings is 2. The van der Waals surface area contributed by atoms with Gasteiger partial charge in [0.2, 0.25) is 0 Å². The molecule has 4 nitrogen and oxygen atoms in total. The average molecular weight is 363 g/mol. The van der Waals surface area contributed by atoms with E-state index in [2.05, 4.69) is 5.32 Å². The van der Waals surface area contributed by atoms with Gasteiger partial charge in [0.25, 0.3) is 5.91 Å². The molecule has 0 atom stereocenters. The summed E-state index contributed by atoms with van der Waals surface area (Å²) in [7, 11) is 0. The zero-order valence-electron chi connectivity index (χ0n) is 15.4. The molecule has 140 valence electrons. The van der Waals surface area contributed by atoms with Gasteiger partial charge in [0, 0.05) is 5.54 Å². The SMILES string of the molecule is O=Cc1c(OCC(=O)NC23CC4CC(CC(C4)C2)C3)ccc2ccccc12. The largest absolute Gasteiger partial charge is 0.483 e. The molecular weight excluding hydrogens is 338 g/mol. The van der Waals surface area contributed by atoms with Gasteiger partial charge in [-0.3, -0.25) is 9.59 Å². The first-order chi connectivity index (χ1) is 13.1. The van der Waals surface area contributed by atoms with Crippen LogP contribution in [0.2, 0.25) is 0 Å². The minimum atomic E-state index is -0.0676. The molecule has 0 aliphatic heterocycles. The van der Waals surface area contributed by atoms with E-state index in [-0.39, 0.29) is 18.1 Å². The van der Waals surface area contributed by atoms with Crippen molar-refractivity contribution in [1.82, 2.24) is 5.32 Å². The van der Waals surface area contributed by atoms with E-state index in [9.17, 15) is 9.59 Å². The third-order valence-corrected chi connectivity index (χ3v) is 6.85. The lowest BCUT2D eigenvalue weighted by atomic mass is 9.53. The molecule has 4 aliphatic rings. The van der Waals surface area contributed by atoms with Gasteiger partial charge in [0.15, 0.2) is 12.9 Å². The lowest BCUT2D eigenvalue weighted by Gasteiger charge is -2.56. The van der Waals surface area contributed by atoms with Crippen molar-refractivity contribution in [2.75, 3.05) is 6.61 Å². The third kappa shape index (κ3) is 3.01. The fourth-order valence-electron chi connectivity index (χ4n) is 6.26. The maximum absolute atomic E-state index is 12.6. The molecule has 1 amide bonds. The highest BCUT2D eigenvalue weighted by Gasteiger charge is 2.51. The lowest BCUT2D eigenvalue weighted by molar-refractivity contribution is -0.128. The Kier molecular flexibility index (Phi) is 3.96. The van der Waals surface area contributed by atoms with Crippen molar-refractivity contribution in [3.63, 3.8) is 0 Å². The van der Waals surface area contributed by atoms with Crippen LogP contribution in [0, 0.1) is 17.8 Å². The standard InChI is InChI=1S/C23H25NO3/c25-13-20-19-4-2-1-3-18(19)5-6-21(20)27-14-22(26)24-23-10-15-7-16(11-23)9-17(8-15)12-23/h1-6,13,15-17H,7-12,14H2,(H,24,26). The summed E-state index contributed by atoms with van der Waals surface area (Å²) in [4.78, 5) is 24.2. The Morgan fingerprint density at radius 3 is 2.37 bits per heavy atom. The minimum absolute atomic E-state index is 0.00787. The highest BCUT2D eigenvalue weighted by atomic mass is 16.5. The molecule has 4 fully saturated rings. The maximum Gasteiger partial charge on any atom is 0.258 e. The fourth-order valence-corrected chi connectivity index (χ4v) is 6.26. The van der Waals surface area contributed by atoms with Crippen LogP contribution in [0.5, 0.6) is 5.75 Å². The summed E-state index contributed by atoms with van der Waals surface area (Å²) in [5.74, 6) is 2.78. The number of rotatable bonds is 5. The molecule has 4 saturated carbocycles. The van der Waals surface area contributed by atoms with E-state index in [0.717, 1.165) is 54.1 Å². The number of carbonyl (C=O) groups excluding carboxylic acids is 2. The van der Waals surface area contributed by atoms with Gasteiger partial charge in [-0.05, 0) is 73.1 Å². The van der Waals surface area contributed by atoms with E-state index < -0.39 is 0 Å². The van der Waals surface area contributed by atoms with E-state index in [0.29, 0.717) is 11.3 Å². The van der Waals surface area contributed by atoms with E-state index in [1.807, 2.05) is 30.3 Å². The van der Waals surface area contributed by atoms with Crippen molar-refractivity contribution in [3.05, 3.63) is 42.0 Å². The van der Waals surface area contributed by atoms with Crippen LogP contribution < -0.4 is 10.1 Å². The summed E-state index contributed by atoms with van der Waals surface area (Å²) < 4.78 is 5.77. The Morgan fingerprint density at radius 2 is 1.70 bits per heavy atom. The monoisotopic (exact) mass is 363 g/mol. The maximum atomic E-state index is 12.6. The average Bonchev–Trinajstić information content (AvgIpc) is 2.64. The second-order valence-corrected chi connectivity index (χ2v) is 8.85. The van der Waals surface area contributed by atoms with Crippen LogP contribution in [-0.4, -0.2) is 24.3 Å². The lowest BCUT2D eigenvalue weighted by Crippen LogP contribution is -2.60. The fraction of sp³-hybridized carbons (Fsp3) is 0.478. The topological polar surface area (TPSA) is 55.4 Å². The van der Waals surface area contributed by atoms with E-state index in [1.165, 1.54) is 19.3 Å². The molecule has 0 aromatic heterocycles. The van der Waals surface area contributed by atoms with E-state index >= 15 is 0 Å². The number of fused-ring (bicyclic) bond motifs is 1. The Balaban J connectivity index is 1.29. The van der Waals surface area contributed by atoms with Crippen molar-refractivity contribution in [2.45, 2.75) is 44.1 Å². The Morgan fingerprint density at radius 1 is 1.04 bits per heavy atom. The van der Waals surface area contributed by atoms with Gasteiger partial charge in [0.05, 0.1) is 5.56 Å². The summed E-state index contributed by atoms with van der Waals surface area (Å²) in [6.45, 7) is -0.0407. The number of amides is 1. The minimum Gasteiger partial charge on any atom is -0.483 e. The summed E-state index contributed by atoms with van der Waals surface area (Å²) in [6.07, 6.45) is 8.25. The Bertz CT molecular complexity index is 868. The quantitative estimate of drug-likeness (QED) is 0.813. The highest BCUT2D eigenvalue weighted by molar-refractivity contribution is 6.00. The summed E-state index contributed by atoms with van der Waals surface area (Å²) in [6, 6.07) is 11.4. The predicted molar refractivity (Wildman–Crippen MR) is 104 cm³/mol. The van der Waals surface area contributed by atoms with Gasteiger partial charge in [-0.2, -0.15) is 0 Å². The number of ether oxygens (including phenoxy) is 1. The van der Waals surface area contributed by atoms with Crippen molar-refractivity contribution in [2.24, 2.45) is 17.8 Å². The highest BCUT2D eigenvalue weighted by Crippen LogP contribution is 2.55. The van der Waals surface area contributed by atoms with E-state index in [1.54, 1.807) is 6.07 Å². The van der Waals surface area contributed by atoms with Crippen LogP contribution in [0.3, 0.4) is 0 Å². The van der Waals surface area contributed by atoms with E-state index in [4.69, 9.17) is 4.74 Å². The third-order valence-electron chi connectivity index (χ3n) is 6.85. The van der Waals surface area contributed by atoms with Crippen LogP contribution in [0.4, 0.5) is 0 Å². The predicted octanol–water partition coefficient (Wildman–Crippen LogP) is 4.12. The molecule has 0 radical (unpaired) electrons. The van der Waals surface area contributed by atoms with Gasteiger partial charge >= 0.3 is 0 Å². The van der Waals surface area contributed by atoms with Crippen molar-refractivity contribution in [1.29, 1.82) is 0 Å². The molecule has 1 N–H and O–H groups in total. The molecule has 0 unspecified atom stereocenters. The first kappa shape index (κ1) is 16.8. The number of carbonyl (C=O) groups is 2. The van der Waals surface area contributed by atoms with Gasteiger partial charge in [-0.1, -0.05) is 30.3 Å². The molecule has 4 aliphatic carbocycles. The zero-order valence-corrected chi connectivity index (χ0v) is 15.4. The second-order valence-electron chi connectivity index (χ2n) is 8.85. The van der Waals surface area contributed by atoms with Crippen LogP contribution in [0.25, 0.3) is 10.8 Å². The van der Waals surface area contributed by atoms with Crippen LogP contribution in [0.1, 0.15) is 48.9 Å². The van der Waals surface area contributed by atoms with Crippen molar-refractivity contribution < 1.29 is 14.3 Å². The van der Waals surface area contributed by atoms with Gasteiger partial charge in [-0.15, -0.1) is 0 Å². The van der Waals surface area contributed by atoms with Crippen molar-refractivity contribution >= 4 is 23.0 Å². The summed E-state index contributed by atoms with van der Waals surface area (Å²) in [5.41, 5.74) is 0.502. The summed E-state index contributed by atoms with van der Waals surface area (Å²) >= 11 is 0. The summed E-state index contributed by atoms with van der Waals surface area (Å²) in [5, 5.41) is 5.16. The smallest absolute Gasteiger partial charge is 0.258 e. The van der Waals surface area contributed by atoms with Crippen LogP contribution in [-0.2, 0) is 4.79 Å². The van der Waals surface area contributed by atoms with Crippen LogP contribution in [0.15, 0.2) is 36.4 Å². The number of aldehydes is 1. The molecule has 0 spiro atoms. The number of nitrogens with one attached hydrogen (secondary N) is 1.